The zero-order chi connectivity index (χ0) is 15.4. The first-order valence-corrected chi connectivity index (χ1v) is 5.91. The van der Waals surface area contributed by atoms with Crippen molar-refractivity contribution in [3.63, 3.8) is 0 Å². The highest BCUT2D eigenvalue weighted by Crippen LogP contribution is 2.30. The fourth-order valence-electron chi connectivity index (χ4n) is 1.81. The van der Waals surface area contributed by atoms with Crippen LogP contribution in [-0.4, -0.2) is 21.1 Å². The summed E-state index contributed by atoms with van der Waals surface area (Å²) in [5.41, 5.74) is 0.344. The van der Waals surface area contributed by atoms with Crippen LogP contribution in [0, 0.1) is 32.8 Å². The molecule has 8 heteroatoms. The summed E-state index contributed by atoms with van der Waals surface area (Å²) in [6.45, 7) is 1.98. The Kier molecular flexibility index (Phi) is 3.82. The number of rotatable bonds is 4. The third-order valence-corrected chi connectivity index (χ3v) is 2.70. The van der Waals surface area contributed by atoms with Crippen LogP contribution in [0.4, 0.5) is 5.69 Å². The molecule has 0 aliphatic rings. The van der Waals surface area contributed by atoms with Crippen LogP contribution in [0.2, 0.25) is 0 Å². The van der Waals surface area contributed by atoms with Crippen LogP contribution in [0.3, 0.4) is 0 Å². The van der Waals surface area contributed by atoms with Gasteiger partial charge in [0.1, 0.15) is 18.5 Å². The average molecular weight is 283 g/mol. The second-order valence-electron chi connectivity index (χ2n) is 3.88. The van der Waals surface area contributed by atoms with Crippen LogP contribution >= 0.6 is 0 Å². The molecule has 0 atom stereocenters. The van der Waals surface area contributed by atoms with Gasteiger partial charge in [-0.3, -0.25) is 14.7 Å². The fraction of sp³-hybridized carbons (Fsp3) is 0.154. The largest absolute Gasteiger partial charge is 0.487 e. The van der Waals surface area contributed by atoms with E-state index in [4.69, 9.17) is 15.3 Å². The van der Waals surface area contributed by atoms with Gasteiger partial charge in [0.2, 0.25) is 0 Å². The Hall–Kier alpha value is -3.39. The van der Waals surface area contributed by atoms with E-state index in [0.29, 0.717) is 5.69 Å². The first kappa shape index (κ1) is 14.0. The Morgan fingerprint density at radius 3 is 2.76 bits per heavy atom. The van der Waals surface area contributed by atoms with Gasteiger partial charge < -0.3 is 4.74 Å². The fourth-order valence-corrected chi connectivity index (χ4v) is 1.81. The standard InChI is InChI=1S/C13H9N5O3/c1-2-21-13-5-9(3-4-11(13)18(19)20)17-8-16-10(6-14)12(17)7-15/h3-5,8H,2H2,1H3. The van der Waals surface area contributed by atoms with E-state index >= 15 is 0 Å². The summed E-state index contributed by atoms with van der Waals surface area (Å²) in [5.74, 6) is 0.0936. The molecule has 0 radical (unpaired) electrons. The smallest absolute Gasteiger partial charge is 0.311 e. The summed E-state index contributed by atoms with van der Waals surface area (Å²) >= 11 is 0. The maximum absolute atomic E-state index is 10.9. The van der Waals surface area contributed by atoms with Crippen LogP contribution in [-0.2, 0) is 0 Å². The molecule has 104 valence electrons. The van der Waals surface area contributed by atoms with Crippen molar-refractivity contribution in [1.82, 2.24) is 9.55 Å². The van der Waals surface area contributed by atoms with E-state index in [0.717, 1.165) is 0 Å². The highest BCUT2D eigenvalue weighted by Gasteiger charge is 2.18. The van der Waals surface area contributed by atoms with Crippen molar-refractivity contribution >= 4 is 5.69 Å². The number of aromatic nitrogens is 2. The van der Waals surface area contributed by atoms with E-state index in [9.17, 15) is 10.1 Å². The van der Waals surface area contributed by atoms with Crippen LogP contribution in [0.25, 0.3) is 5.69 Å². The van der Waals surface area contributed by atoms with E-state index in [2.05, 4.69) is 4.98 Å². The van der Waals surface area contributed by atoms with Crippen molar-refractivity contribution < 1.29 is 9.66 Å². The number of nitro groups is 1. The highest BCUT2D eigenvalue weighted by atomic mass is 16.6. The van der Waals surface area contributed by atoms with Gasteiger partial charge in [-0.25, -0.2) is 4.98 Å². The quantitative estimate of drug-likeness (QED) is 0.624. The van der Waals surface area contributed by atoms with E-state index in [1.807, 2.05) is 12.1 Å². The van der Waals surface area contributed by atoms with Gasteiger partial charge in [0.05, 0.1) is 17.2 Å². The van der Waals surface area contributed by atoms with E-state index < -0.39 is 4.92 Å². The number of benzene rings is 1. The second-order valence-corrected chi connectivity index (χ2v) is 3.88. The van der Waals surface area contributed by atoms with Crippen LogP contribution in [0.15, 0.2) is 24.5 Å². The molecule has 1 heterocycles. The number of nitrogens with zero attached hydrogens (tertiary/aromatic N) is 5. The van der Waals surface area contributed by atoms with Crippen LogP contribution in [0.1, 0.15) is 18.3 Å². The summed E-state index contributed by atoms with van der Waals surface area (Å²) in [5, 5.41) is 28.9. The van der Waals surface area contributed by atoms with Crippen molar-refractivity contribution in [2.45, 2.75) is 6.92 Å². The van der Waals surface area contributed by atoms with Crippen molar-refractivity contribution in [2.24, 2.45) is 0 Å². The highest BCUT2D eigenvalue weighted by molar-refractivity contribution is 5.55. The number of hydrogen-bond acceptors (Lipinski definition) is 6. The Morgan fingerprint density at radius 2 is 2.19 bits per heavy atom. The Bertz CT molecular complexity index is 782. The summed E-state index contributed by atoms with van der Waals surface area (Å²) in [7, 11) is 0. The van der Waals surface area contributed by atoms with Crippen molar-refractivity contribution in [2.75, 3.05) is 6.61 Å². The summed E-state index contributed by atoms with van der Waals surface area (Å²) in [4.78, 5) is 14.2. The van der Waals surface area contributed by atoms with Crippen LogP contribution in [0.5, 0.6) is 5.75 Å². The molecule has 2 rings (SSSR count). The molecule has 8 nitrogen and oxygen atoms in total. The molecule has 0 aliphatic carbocycles. The summed E-state index contributed by atoms with van der Waals surface area (Å²) < 4.78 is 6.62. The van der Waals surface area contributed by atoms with Crippen molar-refractivity contribution in [1.29, 1.82) is 10.5 Å². The molecular formula is C13H9N5O3. The average Bonchev–Trinajstić information content (AvgIpc) is 2.90. The zero-order valence-electron chi connectivity index (χ0n) is 11.0. The number of imidazole rings is 1. The molecule has 0 aliphatic heterocycles. The SMILES string of the molecule is CCOc1cc(-n2cnc(C#N)c2C#N)ccc1[N+](=O)[O-]. The molecule has 0 saturated heterocycles. The van der Waals surface area contributed by atoms with Gasteiger partial charge in [0.15, 0.2) is 17.1 Å². The van der Waals surface area contributed by atoms with Gasteiger partial charge >= 0.3 is 5.69 Å². The number of nitro benzene ring substituents is 1. The first-order chi connectivity index (χ1) is 10.1. The maximum Gasteiger partial charge on any atom is 0.311 e. The van der Waals surface area contributed by atoms with Crippen molar-refractivity contribution in [3.8, 4) is 23.6 Å². The molecule has 0 spiro atoms. The normalized spacial score (nSPS) is 9.67. The van der Waals surface area contributed by atoms with Gasteiger partial charge in [-0.1, -0.05) is 0 Å². The van der Waals surface area contributed by atoms with E-state index in [1.165, 1.54) is 29.1 Å². The third kappa shape index (κ3) is 2.51. The lowest BCUT2D eigenvalue weighted by molar-refractivity contribution is -0.385. The molecule has 0 amide bonds. The molecule has 0 fully saturated rings. The topological polar surface area (TPSA) is 118 Å². The van der Waals surface area contributed by atoms with E-state index in [1.54, 1.807) is 6.92 Å². The lowest BCUT2D eigenvalue weighted by Crippen LogP contribution is -2.01. The van der Waals surface area contributed by atoms with E-state index in [-0.39, 0.29) is 29.4 Å². The molecule has 0 bridgehead atoms. The van der Waals surface area contributed by atoms with Gasteiger partial charge in [-0.15, -0.1) is 0 Å². The molecular weight excluding hydrogens is 274 g/mol. The molecule has 21 heavy (non-hydrogen) atoms. The predicted molar refractivity (Wildman–Crippen MR) is 70.8 cm³/mol. The molecule has 1 aromatic heterocycles. The molecule has 1 aromatic carbocycles. The Balaban J connectivity index is 2.59. The minimum absolute atomic E-state index is 0.00573. The molecule has 2 aromatic rings. The summed E-state index contributed by atoms with van der Waals surface area (Å²) in [6.07, 6.45) is 1.31. The Labute approximate surface area is 119 Å². The third-order valence-electron chi connectivity index (χ3n) is 2.70. The van der Waals surface area contributed by atoms with Gasteiger partial charge in [0.25, 0.3) is 0 Å². The van der Waals surface area contributed by atoms with Gasteiger partial charge in [0, 0.05) is 12.1 Å². The molecule has 0 unspecified atom stereocenters. The Morgan fingerprint density at radius 1 is 1.43 bits per heavy atom. The number of nitriles is 2. The van der Waals surface area contributed by atoms with Gasteiger partial charge in [-0.2, -0.15) is 10.5 Å². The molecule has 0 saturated carbocycles. The lowest BCUT2D eigenvalue weighted by atomic mass is 10.2. The van der Waals surface area contributed by atoms with Crippen LogP contribution < -0.4 is 4.74 Å². The number of ether oxygens (including phenoxy) is 1. The lowest BCUT2D eigenvalue weighted by Gasteiger charge is -2.08. The minimum Gasteiger partial charge on any atom is -0.487 e. The minimum atomic E-state index is -0.547. The maximum atomic E-state index is 10.9. The first-order valence-electron chi connectivity index (χ1n) is 5.91. The summed E-state index contributed by atoms with van der Waals surface area (Å²) in [6, 6.07) is 7.88. The van der Waals surface area contributed by atoms with Crippen molar-refractivity contribution in [3.05, 3.63) is 46.0 Å². The predicted octanol–water partition coefficient (Wildman–Crippen LogP) is 1.92. The monoisotopic (exact) mass is 283 g/mol. The molecule has 0 N–H and O–H groups in total. The van der Waals surface area contributed by atoms with Gasteiger partial charge in [-0.05, 0) is 13.0 Å². The second kappa shape index (κ2) is 5.72. The zero-order valence-corrected chi connectivity index (χ0v) is 11.0. The number of hydrogen-bond donors (Lipinski definition) is 0.